The molecule has 1 aliphatic carbocycles. The third-order valence-electron chi connectivity index (χ3n) is 4.87. The molecule has 7 nitrogen and oxygen atoms in total. The van der Waals surface area contributed by atoms with E-state index in [0.29, 0.717) is 18.6 Å². The van der Waals surface area contributed by atoms with Crippen LogP contribution in [0.3, 0.4) is 0 Å². The first-order chi connectivity index (χ1) is 12.7. The zero-order chi connectivity index (χ0) is 18.4. The molecule has 2 aromatic rings. The Hall–Kier alpha value is -2.41. The number of hydrogen-bond donors (Lipinski definition) is 3. The monoisotopic (exact) mass is 357 g/mol. The normalized spacial score (nSPS) is 16.2. The molecule has 1 saturated carbocycles. The van der Waals surface area contributed by atoms with Crippen LogP contribution in [0.5, 0.6) is 5.75 Å². The smallest absolute Gasteiger partial charge is 0.232 e. The number of hydrogen-bond acceptors (Lipinski definition) is 6. The molecule has 3 rings (SSSR count). The van der Waals surface area contributed by atoms with Crippen LogP contribution in [0.15, 0.2) is 24.3 Å². The average Bonchev–Trinajstić information content (AvgIpc) is 2.64. The fourth-order valence-corrected chi connectivity index (χ4v) is 3.53. The van der Waals surface area contributed by atoms with Crippen molar-refractivity contribution >= 4 is 17.6 Å². The number of nitrogens with one attached hydrogen (secondary N) is 2. The highest BCUT2D eigenvalue weighted by atomic mass is 16.5. The maximum Gasteiger partial charge on any atom is 0.232 e. The second-order valence-electron chi connectivity index (χ2n) is 6.85. The van der Waals surface area contributed by atoms with Crippen LogP contribution in [0, 0.1) is 0 Å². The first-order valence-corrected chi connectivity index (χ1v) is 9.47. The number of rotatable bonds is 7. The second-order valence-corrected chi connectivity index (χ2v) is 6.85. The van der Waals surface area contributed by atoms with Gasteiger partial charge in [0.1, 0.15) is 12.3 Å². The van der Waals surface area contributed by atoms with Gasteiger partial charge in [0.05, 0.1) is 25.4 Å². The van der Waals surface area contributed by atoms with E-state index in [1.165, 1.54) is 37.0 Å². The summed E-state index contributed by atoms with van der Waals surface area (Å²) in [5, 5.41) is 3.21. The van der Waals surface area contributed by atoms with Crippen LogP contribution in [0.4, 0.5) is 17.6 Å². The Morgan fingerprint density at radius 1 is 1.15 bits per heavy atom. The number of aromatic nitrogens is 3. The van der Waals surface area contributed by atoms with Crippen molar-refractivity contribution in [2.45, 2.75) is 51.6 Å². The van der Waals surface area contributed by atoms with E-state index in [2.05, 4.69) is 27.3 Å². The van der Waals surface area contributed by atoms with Crippen molar-refractivity contribution in [3.05, 3.63) is 30.1 Å². The van der Waals surface area contributed by atoms with E-state index in [1.807, 2.05) is 31.2 Å². The van der Waals surface area contributed by atoms with Crippen LogP contribution in [-0.2, 0) is 6.54 Å². The maximum atomic E-state index is 5.92. The predicted molar refractivity (Wildman–Crippen MR) is 103 cm³/mol. The molecule has 0 amide bonds. The molecule has 1 heterocycles. The summed E-state index contributed by atoms with van der Waals surface area (Å²) in [7, 11) is 2.22. The fourth-order valence-electron chi connectivity index (χ4n) is 3.53. The van der Waals surface area contributed by atoms with E-state index in [9.17, 15) is 0 Å². The lowest BCUT2D eigenvalue weighted by atomic mass is 9.94. The van der Waals surface area contributed by atoms with Crippen LogP contribution < -0.4 is 20.7 Å². The number of nitrogens with two attached hydrogens (primary N) is 1. The van der Waals surface area contributed by atoms with Crippen molar-refractivity contribution in [1.82, 2.24) is 15.0 Å². The Balaban J connectivity index is 1.73. The van der Waals surface area contributed by atoms with E-state index in [0.717, 1.165) is 23.8 Å². The van der Waals surface area contributed by atoms with Gasteiger partial charge in [0.25, 0.3) is 0 Å². The molecule has 0 radical (unpaired) electrons. The van der Waals surface area contributed by atoms with Gasteiger partial charge in [-0.1, -0.05) is 18.6 Å². The van der Waals surface area contributed by atoms with Gasteiger partial charge in [-0.2, -0.15) is 15.0 Å². The number of para-hydroxylation sites is 2. The van der Waals surface area contributed by atoms with Gasteiger partial charge in [-0.15, -0.1) is 0 Å². The molecule has 1 aliphatic rings. The van der Waals surface area contributed by atoms with Crippen LogP contribution in [0.2, 0.25) is 0 Å². The van der Waals surface area contributed by atoms with E-state index in [-0.39, 0.29) is 5.95 Å². The summed E-state index contributed by atoms with van der Waals surface area (Å²) >= 11 is 0. The lowest BCUT2D eigenvalue weighted by Gasteiger charge is -2.27. The number of quaternary nitrogens is 1. The van der Waals surface area contributed by atoms with E-state index >= 15 is 0 Å². The minimum Gasteiger partial charge on any atom is -0.492 e. The van der Waals surface area contributed by atoms with Crippen LogP contribution in [-0.4, -0.2) is 34.6 Å². The molecule has 1 atom stereocenters. The number of ether oxygens (including phenoxy) is 1. The zero-order valence-corrected chi connectivity index (χ0v) is 15.7. The Morgan fingerprint density at radius 3 is 2.69 bits per heavy atom. The number of nitrogens with zero attached hydrogens (tertiary/aromatic N) is 3. The zero-order valence-electron chi connectivity index (χ0n) is 15.7. The second kappa shape index (κ2) is 8.80. The SMILES string of the molecule is CCOc1ccccc1Nc1nc(N)nc(C[NH+](C)C2CCCCC2)n1. The van der Waals surface area contributed by atoms with Gasteiger partial charge in [-0.25, -0.2) is 0 Å². The van der Waals surface area contributed by atoms with Crippen LogP contribution in [0.1, 0.15) is 44.9 Å². The molecule has 0 saturated heterocycles. The van der Waals surface area contributed by atoms with Gasteiger partial charge < -0.3 is 20.7 Å². The van der Waals surface area contributed by atoms with E-state index < -0.39 is 0 Å². The van der Waals surface area contributed by atoms with Crippen LogP contribution >= 0.6 is 0 Å². The van der Waals surface area contributed by atoms with Gasteiger partial charge in [-0.05, 0) is 44.7 Å². The molecule has 1 aromatic heterocycles. The number of benzene rings is 1. The third-order valence-corrected chi connectivity index (χ3v) is 4.87. The first-order valence-electron chi connectivity index (χ1n) is 9.47. The minimum atomic E-state index is 0.239. The molecular weight excluding hydrogens is 328 g/mol. The van der Waals surface area contributed by atoms with E-state index in [4.69, 9.17) is 10.5 Å². The highest BCUT2D eigenvalue weighted by molar-refractivity contribution is 5.62. The van der Waals surface area contributed by atoms with Crippen molar-refractivity contribution in [2.75, 3.05) is 24.7 Å². The van der Waals surface area contributed by atoms with Crippen molar-refractivity contribution < 1.29 is 9.64 Å². The average molecular weight is 357 g/mol. The van der Waals surface area contributed by atoms with Crippen molar-refractivity contribution in [3.8, 4) is 5.75 Å². The molecule has 1 fully saturated rings. The number of nitrogen functional groups attached to an aromatic ring is 1. The molecule has 4 N–H and O–H groups in total. The lowest BCUT2D eigenvalue weighted by Crippen LogP contribution is -3.11. The van der Waals surface area contributed by atoms with E-state index in [1.54, 1.807) is 0 Å². The molecule has 1 unspecified atom stereocenters. The number of anilines is 3. The Bertz CT molecular complexity index is 717. The molecule has 0 aliphatic heterocycles. The summed E-state index contributed by atoms with van der Waals surface area (Å²) in [5.41, 5.74) is 6.74. The van der Waals surface area contributed by atoms with Crippen molar-refractivity contribution in [2.24, 2.45) is 0 Å². The minimum absolute atomic E-state index is 0.239. The standard InChI is InChI=1S/C19H28N6O/c1-3-26-16-12-8-7-11-15(16)21-19-23-17(22-18(20)24-19)13-25(2)14-9-5-4-6-10-14/h7-8,11-12,14H,3-6,9-10,13H2,1-2H3,(H3,20,21,22,23,24)/p+1. The lowest BCUT2D eigenvalue weighted by molar-refractivity contribution is -0.921. The summed E-state index contributed by atoms with van der Waals surface area (Å²) < 4.78 is 5.64. The molecular formula is C19H29N6O+. The summed E-state index contributed by atoms with van der Waals surface area (Å²) in [6.07, 6.45) is 6.55. The largest absolute Gasteiger partial charge is 0.492 e. The van der Waals surface area contributed by atoms with Gasteiger partial charge >= 0.3 is 0 Å². The van der Waals surface area contributed by atoms with Crippen molar-refractivity contribution in [3.63, 3.8) is 0 Å². The molecule has 0 spiro atoms. The molecule has 1 aromatic carbocycles. The summed E-state index contributed by atoms with van der Waals surface area (Å²) in [6.45, 7) is 3.30. The molecule has 0 bridgehead atoms. The molecule has 7 heteroatoms. The summed E-state index contributed by atoms with van der Waals surface area (Å²) in [5.74, 6) is 2.18. The quantitative estimate of drug-likeness (QED) is 0.702. The third kappa shape index (κ3) is 4.82. The van der Waals surface area contributed by atoms with Gasteiger partial charge in [0.15, 0.2) is 5.82 Å². The predicted octanol–water partition coefficient (Wildman–Crippen LogP) is 1.94. The Labute approximate surface area is 155 Å². The van der Waals surface area contributed by atoms with Crippen molar-refractivity contribution in [1.29, 1.82) is 0 Å². The Kier molecular flexibility index (Phi) is 6.22. The highest BCUT2D eigenvalue weighted by Crippen LogP contribution is 2.26. The van der Waals surface area contributed by atoms with Gasteiger partial charge in [0.2, 0.25) is 11.9 Å². The van der Waals surface area contributed by atoms with Gasteiger partial charge in [-0.3, -0.25) is 0 Å². The molecule has 26 heavy (non-hydrogen) atoms. The topological polar surface area (TPSA) is 90.4 Å². The van der Waals surface area contributed by atoms with Crippen LogP contribution in [0.25, 0.3) is 0 Å². The Morgan fingerprint density at radius 2 is 1.92 bits per heavy atom. The first kappa shape index (κ1) is 18.4. The summed E-state index contributed by atoms with van der Waals surface area (Å²) in [6, 6.07) is 8.41. The summed E-state index contributed by atoms with van der Waals surface area (Å²) in [4.78, 5) is 14.6. The highest BCUT2D eigenvalue weighted by Gasteiger charge is 2.22. The maximum absolute atomic E-state index is 5.92. The van der Waals surface area contributed by atoms with Gasteiger partial charge in [0, 0.05) is 0 Å². The fraction of sp³-hybridized carbons (Fsp3) is 0.526. The molecule has 140 valence electrons.